The molecule has 0 aliphatic carbocycles. The normalized spacial score (nSPS) is 14.5. The number of carbonyl (C=O) groups is 2. The SMILES string of the molecule is CC(=O)N1CCN(c2ccc(NC(=O)/C=C/c3ccc(C(C)C)cc3)cc2)CC1. The molecule has 1 aliphatic rings. The van der Waals surface area contributed by atoms with Crippen LogP contribution in [0.25, 0.3) is 6.08 Å². The highest BCUT2D eigenvalue weighted by atomic mass is 16.2. The summed E-state index contributed by atoms with van der Waals surface area (Å²) < 4.78 is 0. The van der Waals surface area contributed by atoms with E-state index in [2.05, 4.69) is 36.2 Å². The number of nitrogens with one attached hydrogen (secondary N) is 1. The van der Waals surface area contributed by atoms with Crippen molar-refractivity contribution in [3.63, 3.8) is 0 Å². The third-order valence-electron chi connectivity index (χ3n) is 5.26. The van der Waals surface area contributed by atoms with Gasteiger partial charge in [0.05, 0.1) is 0 Å². The molecule has 1 N–H and O–H groups in total. The second-order valence-electron chi connectivity index (χ2n) is 7.68. The molecule has 0 bridgehead atoms. The van der Waals surface area contributed by atoms with E-state index in [9.17, 15) is 9.59 Å². The van der Waals surface area contributed by atoms with Crippen LogP contribution in [0.3, 0.4) is 0 Å². The summed E-state index contributed by atoms with van der Waals surface area (Å²) in [6, 6.07) is 16.1. The van der Waals surface area contributed by atoms with E-state index in [1.807, 2.05) is 47.4 Å². The largest absolute Gasteiger partial charge is 0.368 e. The maximum absolute atomic E-state index is 12.2. The molecule has 2 aromatic rings. The molecule has 0 radical (unpaired) electrons. The zero-order valence-electron chi connectivity index (χ0n) is 17.4. The summed E-state index contributed by atoms with van der Waals surface area (Å²) in [6.45, 7) is 9.08. The van der Waals surface area contributed by atoms with Gasteiger partial charge in [0.1, 0.15) is 0 Å². The van der Waals surface area contributed by atoms with E-state index in [0.29, 0.717) is 5.92 Å². The Bertz CT molecular complexity index is 862. The first-order valence-electron chi connectivity index (χ1n) is 10.1. The quantitative estimate of drug-likeness (QED) is 0.780. The molecule has 0 atom stereocenters. The Labute approximate surface area is 173 Å². The molecule has 0 aromatic heterocycles. The van der Waals surface area contributed by atoms with Gasteiger partial charge in [-0.25, -0.2) is 0 Å². The predicted octanol–water partition coefficient (Wildman–Crippen LogP) is 4.13. The van der Waals surface area contributed by atoms with Crippen molar-refractivity contribution in [2.75, 3.05) is 36.4 Å². The average Bonchev–Trinajstić information content (AvgIpc) is 2.73. The average molecular weight is 392 g/mol. The van der Waals surface area contributed by atoms with E-state index in [0.717, 1.165) is 43.1 Å². The number of nitrogens with zero attached hydrogens (tertiary/aromatic N) is 2. The third-order valence-corrected chi connectivity index (χ3v) is 5.26. The zero-order valence-corrected chi connectivity index (χ0v) is 17.4. The smallest absolute Gasteiger partial charge is 0.248 e. The minimum atomic E-state index is -0.152. The molecule has 1 aliphatic heterocycles. The topological polar surface area (TPSA) is 52.7 Å². The molecule has 0 unspecified atom stereocenters. The minimum absolute atomic E-state index is 0.131. The number of anilines is 2. The van der Waals surface area contributed by atoms with Crippen molar-refractivity contribution in [2.45, 2.75) is 26.7 Å². The Morgan fingerprint density at radius 2 is 1.55 bits per heavy atom. The molecule has 5 nitrogen and oxygen atoms in total. The Morgan fingerprint density at radius 1 is 0.931 bits per heavy atom. The lowest BCUT2D eigenvalue weighted by atomic mass is 10.0. The standard InChI is InChI=1S/C24H29N3O2/c1-18(2)21-7-4-20(5-8-21)6-13-24(29)25-22-9-11-23(12-10-22)27-16-14-26(15-17-27)19(3)28/h4-13,18H,14-17H2,1-3H3,(H,25,29)/b13-6+. The lowest BCUT2D eigenvalue weighted by Crippen LogP contribution is -2.48. The van der Waals surface area contributed by atoms with E-state index < -0.39 is 0 Å². The number of carbonyl (C=O) groups excluding carboxylic acids is 2. The molecule has 3 rings (SSSR count). The number of hydrogen-bond acceptors (Lipinski definition) is 3. The molecule has 5 heteroatoms. The lowest BCUT2D eigenvalue weighted by Gasteiger charge is -2.35. The van der Waals surface area contributed by atoms with Crippen LogP contribution in [0.4, 0.5) is 11.4 Å². The number of piperazine rings is 1. The van der Waals surface area contributed by atoms with Gasteiger partial charge >= 0.3 is 0 Å². The number of benzene rings is 2. The van der Waals surface area contributed by atoms with Crippen molar-refractivity contribution in [1.29, 1.82) is 0 Å². The first-order chi connectivity index (χ1) is 13.9. The third kappa shape index (κ3) is 5.70. The molecule has 29 heavy (non-hydrogen) atoms. The van der Waals surface area contributed by atoms with Gasteiger partial charge in [0, 0.05) is 50.6 Å². The van der Waals surface area contributed by atoms with Gasteiger partial charge in [-0.05, 0) is 47.4 Å². The summed E-state index contributed by atoms with van der Waals surface area (Å²) in [6.07, 6.45) is 3.38. The van der Waals surface area contributed by atoms with Gasteiger partial charge in [0.2, 0.25) is 11.8 Å². The van der Waals surface area contributed by atoms with Crippen molar-refractivity contribution in [3.8, 4) is 0 Å². The maximum atomic E-state index is 12.2. The zero-order chi connectivity index (χ0) is 20.8. The molecule has 0 spiro atoms. The minimum Gasteiger partial charge on any atom is -0.368 e. The summed E-state index contributed by atoms with van der Waals surface area (Å²) in [4.78, 5) is 27.8. The van der Waals surface area contributed by atoms with Crippen LogP contribution < -0.4 is 10.2 Å². The van der Waals surface area contributed by atoms with E-state index in [4.69, 9.17) is 0 Å². The monoisotopic (exact) mass is 391 g/mol. The highest BCUT2D eigenvalue weighted by Gasteiger charge is 2.18. The summed E-state index contributed by atoms with van der Waals surface area (Å²) in [5.41, 5.74) is 4.16. The molecular formula is C24H29N3O2. The van der Waals surface area contributed by atoms with Crippen LogP contribution in [0.5, 0.6) is 0 Å². The molecule has 2 aromatic carbocycles. The Kier molecular flexibility index (Phi) is 6.70. The van der Waals surface area contributed by atoms with Crippen LogP contribution in [0.15, 0.2) is 54.6 Å². The summed E-state index contributed by atoms with van der Waals surface area (Å²) in [5, 5.41) is 2.90. The van der Waals surface area contributed by atoms with Gasteiger partial charge in [-0.2, -0.15) is 0 Å². The molecule has 2 amide bonds. The Hall–Kier alpha value is -3.08. The lowest BCUT2D eigenvalue weighted by molar-refractivity contribution is -0.129. The highest BCUT2D eigenvalue weighted by Crippen LogP contribution is 2.20. The second-order valence-corrected chi connectivity index (χ2v) is 7.68. The van der Waals surface area contributed by atoms with E-state index >= 15 is 0 Å². The van der Waals surface area contributed by atoms with Crippen LogP contribution in [-0.4, -0.2) is 42.9 Å². The van der Waals surface area contributed by atoms with Gasteiger partial charge < -0.3 is 15.1 Å². The second kappa shape index (κ2) is 9.41. The fraction of sp³-hybridized carbons (Fsp3) is 0.333. The Morgan fingerprint density at radius 3 is 2.10 bits per heavy atom. The van der Waals surface area contributed by atoms with E-state index in [1.54, 1.807) is 13.0 Å². The first-order valence-corrected chi connectivity index (χ1v) is 10.1. The fourth-order valence-electron chi connectivity index (χ4n) is 3.38. The molecule has 152 valence electrons. The molecular weight excluding hydrogens is 362 g/mol. The van der Waals surface area contributed by atoms with Crippen molar-refractivity contribution < 1.29 is 9.59 Å². The van der Waals surface area contributed by atoms with Gasteiger partial charge in [-0.3, -0.25) is 9.59 Å². The van der Waals surface area contributed by atoms with Gasteiger partial charge in [-0.1, -0.05) is 38.1 Å². The van der Waals surface area contributed by atoms with Crippen molar-refractivity contribution in [3.05, 3.63) is 65.7 Å². The predicted molar refractivity (Wildman–Crippen MR) is 119 cm³/mol. The van der Waals surface area contributed by atoms with Crippen LogP contribution in [0, 0.1) is 0 Å². The van der Waals surface area contributed by atoms with Crippen LogP contribution >= 0.6 is 0 Å². The van der Waals surface area contributed by atoms with Gasteiger partial charge in [0.25, 0.3) is 0 Å². The summed E-state index contributed by atoms with van der Waals surface area (Å²) in [5.74, 6) is 0.477. The first kappa shape index (κ1) is 20.6. The van der Waals surface area contributed by atoms with Crippen LogP contribution in [-0.2, 0) is 9.59 Å². The Balaban J connectivity index is 1.52. The molecule has 1 fully saturated rings. The fourth-order valence-corrected chi connectivity index (χ4v) is 3.38. The number of rotatable bonds is 5. The summed E-state index contributed by atoms with van der Waals surface area (Å²) in [7, 11) is 0. The van der Waals surface area contributed by atoms with Crippen molar-refractivity contribution >= 4 is 29.3 Å². The number of amides is 2. The van der Waals surface area contributed by atoms with Crippen LogP contribution in [0.2, 0.25) is 0 Å². The highest BCUT2D eigenvalue weighted by molar-refractivity contribution is 6.02. The van der Waals surface area contributed by atoms with E-state index in [1.165, 1.54) is 5.56 Å². The van der Waals surface area contributed by atoms with Gasteiger partial charge in [-0.15, -0.1) is 0 Å². The number of hydrogen-bond donors (Lipinski definition) is 1. The van der Waals surface area contributed by atoms with Gasteiger partial charge in [0.15, 0.2) is 0 Å². The molecule has 0 saturated carbocycles. The van der Waals surface area contributed by atoms with Crippen molar-refractivity contribution in [1.82, 2.24) is 4.90 Å². The van der Waals surface area contributed by atoms with Crippen LogP contribution in [0.1, 0.15) is 37.8 Å². The maximum Gasteiger partial charge on any atom is 0.248 e. The van der Waals surface area contributed by atoms with E-state index in [-0.39, 0.29) is 11.8 Å². The van der Waals surface area contributed by atoms with Crippen molar-refractivity contribution in [2.24, 2.45) is 0 Å². The molecule has 1 heterocycles. The molecule has 1 saturated heterocycles. The summed E-state index contributed by atoms with van der Waals surface area (Å²) >= 11 is 0.